The molecule has 0 radical (unpaired) electrons. The van der Waals surface area contributed by atoms with Crippen molar-refractivity contribution in [1.29, 1.82) is 0 Å². The first kappa shape index (κ1) is 45.6. The van der Waals surface area contributed by atoms with E-state index in [0.717, 1.165) is 11.1 Å². The summed E-state index contributed by atoms with van der Waals surface area (Å²) in [5.41, 5.74) is -12.5. The zero-order chi connectivity index (χ0) is 45.7. The van der Waals surface area contributed by atoms with Crippen LogP contribution >= 0.6 is 0 Å². The quantitative estimate of drug-likeness (QED) is 0.0419. The third-order valence-electron chi connectivity index (χ3n) is 9.06. The van der Waals surface area contributed by atoms with Crippen LogP contribution in [0.3, 0.4) is 0 Å². The van der Waals surface area contributed by atoms with Crippen molar-refractivity contribution < 1.29 is 97.2 Å². The first-order valence-corrected chi connectivity index (χ1v) is 16.1. The maximum absolute atomic E-state index is 15.4. The Kier molecular flexibility index (Phi) is 12.6. The fourth-order valence-electron chi connectivity index (χ4n) is 6.40. The summed E-state index contributed by atoms with van der Waals surface area (Å²) in [5.74, 6) is -71.3. The minimum absolute atomic E-state index is 0.111. The van der Waals surface area contributed by atoms with Gasteiger partial charge in [0.1, 0.15) is 52.7 Å². The molecule has 0 fully saturated rings. The number of rotatable bonds is 7. The number of carbonyl (C=O) groups is 1. The van der Waals surface area contributed by atoms with Crippen molar-refractivity contribution in [3.05, 3.63) is 177 Å². The van der Waals surface area contributed by atoms with Crippen LogP contribution in [0, 0.1) is 123 Å². The Balaban J connectivity index is 0.000000366. The van der Waals surface area contributed by atoms with Crippen molar-refractivity contribution in [2.45, 2.75) is 13.5 Å². The third-order valence-corrected chi connectivity index (χ3v) is 9.06. The normalized spacial score (nSPS) is 11.5. The molecule has 0 aliphatic rings. The summed E-state index contributed by atoms with van der Waals surface area (Å²) in [5, 5.41) is 0. The fraction of sp³-hybridized carbons (Fsp3) is 0.0541. The van der Waals surface area contributed by atoms with Gasteiger partial charge in [0, 0.05) is 5.56 Å². The molecule has 0 aliphatic carbocycles. The topological polar surface area (TPSA) is 33.8 Å². The number of hydrogen-bond donors (Lipinski definition) is 0. The number of Topliss-reactive ketones (excluding diaryl/α,β-unsaturated/α-hetero) is 1. The van der Waals surface area contributed by atoms with Crippen molar-refractivity contribution in [3.63, 3.8) is 0 Å². The summed E-state index contributed by atoms with van der Waals surface area (Å²) >= 11 is 0. The van der Waals surface area contributed by atoms with Gasteiger partial charge in [-0.2, -0.15) is 4.57 Å². The molecule has 5 aromatic carbocycles. The van der Waals surface area contributed by atoms with E-state index < -0.39 is 144 Å². The molecule has 24 heteroatoms. The molecule has 61 heavy (non-hydrogen) atoms. The predicted molar refractivity (Wildman–Crippen MR) is 169 cm³/mol. The van der Waals surface area contributed by atoms with Crippen molar-refractivity contribution in [3.8, 4) is 0 Å². The lowest BCUT2D eigenvalue weighted by Gasteiger charge is -2.44. The minimum atomic E-state index is -7.22. The van der Waals surface area contributed by atoms with Crippen molar-refractivity contribution in [2.24, 2.45) is 0 Å². The SMILES string of the molecule is Cc1cccc(C(=O)C[n+]2ccncc2)c1.Fc1c(F)c(F)c([B-](c2c(F)c(F)c(F)c(F)c2F)(c2c(F)c(F)c(F)c(F)c2F)c2c(F)c(F)c(F)c(F)c2F)c(F)c1F. The number of hydrogen-bond acceptors (Lipinski definition) is 2. The number of ketones is 1. The highest BCUT2D eigenvalue weighted by Crippen LogP contribution is 2.30. The average molecular weight is 892 g/mol. The van der Waals surface area contributed by atoms with Gasteiger partial charge in [0.05, 0.1) is 12.4 Å². The zero-order valence-electron chi connectivity index (χ0n) is 29.3. The standard InChI is InChI=1S/C24BF20.C13H13N2O/c26-5-1(6(27)14(35)21(42)13(5)34)25(2-7(28)15(36)22(43)16(37)8(2)29,3-9(30)17(38)23(44)18(39)10(3)31)4-11(32)19(40)24(45)20(41)12(4)33;1-11-3-2-4-12(9-11)13(16)10-15-7-5-14-6-8-15/h;2-9H,10H2,1H3/q-1;+1. The van der Waals surface area contributed by atoms with Crippen LogP contribution in [-0.2, 0) is 6.54 Å². The van der Waals surface area contributed by atoms with Crippen LogP contribution in [-0.4, -0.2) is 16.9 Å². The Hall–Kier alpha value is -6.49. The molecule has 6 rings (SSSR count). The molecule has 1 aromatic heterocycles. The van der Waals surface area contributed by atoms with E-state index in [9.17, 15) is 57.5 Å². The van der Waals surface area contributed by atoms with E-state index in [1.54, 1.807) is 24.8 Å². The van der Waals surface area contributed by atoms with Crippen LogP contribution in [0.25, 0.3) is 0 Å². The van der Waals surface area contributed by atoms with Gasteiger partial charge in [-0.15, -0.1) is 21.9 Å². The summed E-state index contributed by atoms with van der Waals surface area (Å²) < 4.78 is 296. The van der Waals surface area contributed by atoms with Crippen molar-refractivity contribution >= 4 is 33.8 Å². The Morgan fingerprint density at radius 2 is 0.705 bits per heavy atom. The van der Waals surface area contributed by atoms with E-state index in [1.807, 2.05) is 35.8 Å². The molecule has 0 N–H and O–H groups in total. The summed E-state index contributed by atoms with van der Waals surface area (Å²) in [6.45, 7) is 2.34. The molecule has 3 nitrogen and oxygen atoms in total. The molecule has 1 heterocycles. The molecule has 0 atom stereocenters. The largest absolute Gasteiger partial charge is 0.287 e. The Labute approximate surface area is 326 Å². The second-order valence-corrected chi connectivity index (χ2v) is 12.5. The number of halogens is 20. The predicted octanol–water partition coefficient (Wildman–Crippen LogP) is 7.41. The molecule has 0 saturated carbocycles. The number of benzene rings is 5. The molecule has 6 aromatic rings. The Bertz CT molecular complexity index is 2390. The second-order valence-electron chi connectivity index (χ2n) is 12.5. The maximum Gasteiger partial charge on any atom is 0.227 e. The van der Waals surface area contributed by atoms with Gasteiger partial charge >= 0.3 is 0 Å². The van der Waals surface area contributed by atoms with Gasteiger partial charge in [-0.1, -0.05) is 23.8 Å². The second kappa shape index (κ2) is 16.9. The number of aromatic nitrogens is 2. The first-order valence-electron chi connectivity index (χ1n) is 16.1. The van der Waals surface area contributed by atoms with Gasteiger partial charge in [0.25, 0.3) is 0 Å². The highest BCUT2D eigenvalue weighted by Gasteiger charge is 2.52. The first-order chi connectivity index (χ1) is 28.5. The van der Waals surface area contributed by atoms with E-state index in [4.69, 9.17) is 0 Å². The van der Waals surface area contributed by atoms with E-state index in [0.29, 0.717) is 6.54 Å². The van der Waals surface area contributed by atoms with Crippen LogP contribution in [0.15, 0.2) is 49.1 Å². The van der Waals surface area contributed by atoms with Gasteiger partial charge < -0.3 is 0 Å². The number of carbonyl (C=O) groups excluding carboxylic acids is 1. The summed E-state index contributed by atoms with van der Waals surface area (Å²) in [4.78, 5) is 15.8. The molecule has 0 aliphatic heterocycles. The smallest absolute Gasteiger partial charge is 0.227 e. The molecular weight excluding hydrogens is 879 g/mol. The number of nitrogens with zero attached hydrogens (tertiary/aromatic N) is 2. The summed E-state index contributed by atoms with van der Waals surface area (Å²) in [6.07, 6.45) is -0.306. The van der Waals surface area contributed by atoms with Gasteiger partial charge in [-0.25, -0.2) is 87.8 Å². The van der Waals surface area contributed by atoms with Crippen LogP contribution in [0.5, 0.6) is 0 Å². The lowest BCUT2D eigenvalue weighted by molar-refractivity contribution is -0.683. The Morgan fingerprint density at radius 1 is 0.443 bits per heavy atom. The van der Waals surface area contributed by atoms with Crippen LogP contribution in [0.1, 0.15) is 15.9 Å². The average Bonchev–Trinajstić information content (AvgIpc) is 3.24. The lowest BCUT2D eigenvalue weighted by Crippen LogP contribution is -2.81. The molecule has 0 bridgehead atoms. The highest BCUT2D eigenvalue weighted by atomic mass is 19.2. The summed E-state index contributed by atoms with van der Waals surface area (Å²) in [7, 11) is 0. The van der Waals surface area contributed by atoms with Crippen LogP contribution < -0.4 is 26.4 Å². The van der Waals surface area contributed by atoms with Crippen LogP contribution in [0.2, 0.25) is 0 Å². The van der Waals surface area contributed by atoms with E-state index in [-0.39, 0.29) is 5.78 Å². The molecule has 0 spiro atoms. The molecule has 0 amide bonds. The van der Waals surface area contributed by atoms with E-state index in [1.165, 1.54) is 0 Å². The lowest BCUT2D eigenvalue weighted by atomic mass is 9.12. The summed E-state index contributed by atoms with van der Waals surface area (Å²) in [6, 6.07) is 7.64. The Morgan fingerprint density at radius 3 is 0.967 bits per heavy atom. The van der Waals surface area contributed by atoms with Gasteiger partial charge in [-0.05, 0) is 13.0 Å². The van der Waals surface area contributed by atoms with E-state index in [2.05, 4.69) is 4.98 Å². The molecule has 0 saturated heterocycles. The van der Waals surface area contributed by atoms with Gasteiger partial charge in [0.2, 0.25) is 12.3 Å². The van der Waals surface area contributed by atoms with E-state index >= 15 is 35.1 Å². The molecule has 0 unspecified atom stereocenters. The zero-order valence-corrected chi connectivity index (χ0v) is 29.3. The van der Waals surface area contributed by atoms with Crippen molar-refractivity contribution in [1.82, 2.24) is 4.98 Å². The van der Waals surface area contributed by atoms with Gasteiger partial charge in [-0.3, -0.25) is 9.78 Å². The number of aryl methyl sites for hydroxylation is 1. The monoisotopic (exact) mass is 892 g/mol. The minimum Gasteiger partial charge on any atom is -0.287 e. The molecular formula is C37H13BF20N2O. The maximum atomic E-state index is 15.4. The fourth-order valence-corrected chi connectivity index (χ4v) is 6.40. The van der Waals surface area contributed by atoms with Crippen molar-refractivity contribution in [2.75, 3.05) is 0 Å². The van der Waals surface area contributed by atoms with Crippen LogP contribution in [0.4, 0.5) is 87.8 Å². The highest BCUT2D eigenvalue weighted by molar-refractivity contribution is 7.20. The molecule has 320 valence electrons. The third kappa shape index (κ3) is 7.30. The van der Waals surface area contributed by atoms with Gasteiger partial charge in [0.15, 0.2) is 82.2 Å².